The maximum Gasteiger partial charge on any atom is 0.223 e. The quantitative estimate of drug-likeness (QED) is 0.616. The highest BCUT2D eigenvalue weighted by atomic mass is 16.5. The minimum Gasteiger partial charge on any atom is -0.497 e. The lowest BCUT2D eigenvalue weighted by atomic mass is 10.1. The van der Waals surface area contributed by atoms with E-state index in [1.807, 2.05) is 54.1 Å². The predicted molar refractivity (Wildman–Crippen MR) is 88.3 cm³/mol. The number of nitrogens with one attached hydrogen (secondary N) is 1. The van der Waals surface area contributed by atoms with E-state index in [9.17, 15) is 0 Å². The van der Waals surface area contributed by atoms with Gasteiger partial charge in [-0.15, -0.1) is 0 Å². The molecule has 0 spiro atoms. The molecule has 2 aromatic carbocycles. The summed E-state index contributed by atoms with van der Waals surface area (Å²) in [4.78, 5) is 4.64. The summed E-state index contributed by atoms with van der Waals surface area (Å²) in [6, 6.07) is 15.4. The van der Waals surface area contributed by atoms with Crippen LogP contribution in [-0.4, -0.2) is 16.7 Å². The summed E-state index contributed by atoms with van der Waals surface area (Å²) in [5.41, 5.74) is 3.30. The van der Waals surface area contributed by atoms with Crippen molar-refractivity contribution in [2.45, 2.75) is 0 Å². The van der Waals surface area contributed by atoms with Crippen molar-refractivity contribution in [3.8, 4) is 17.1 Å². The number of aromatic nitrogens is 2. The molecule has 23 heavy (non-hydrogen) atoms. The second-order valence-electron chi connectivity index (χ2n) is 5.38. The zero-order chi connectivity index (χ0) is 16.0. The normalized spacial score (nSPS) is 11.2. The smallest absolute Gasteiger partial charge is 0.223 e. The van der Waals surface area contributed by atoms with Crippen molar-refractivity contribution in [1.29, 1.82) is 5.41 Å². The van der Waals surface area contributed by atoms with Gasteiger partial charge in [0.15, 0.2) is 0 Å². The molecule has 2 heterocycles. The van der Waals surface area contributed by atoms with Gasteiger partial charge in [-0.3, -0.25) is 5.41 Å². The molecule has 0 radical (unpaired) electrons. The lowest BCUT2D eigenvalue weighted by Crippen LogP contribution is -2.06. The van der Waals surface area contributed by atoms with Crippen molar-refractivity contribution < 1.29 is 9.15 Å². The minimum atomic E-state index is 0.0872. The van der Waals surface area contributed by atoms with Crippen LogP contribution >= 0.6 is 0 Å². The molecular formula is C18H15N3O2. The summed E-state index contributed by atoms with van der Waals surface area (Å²) in [6.07, 6.45) is 0. The van der Waals surface area contributed by atoms with E-state index in [0.717, 1.165) is 22.2 Å². The van der Waals surface area contributed by atoms with Gasteiger partial charge in [0.2, 0.25) is 5.55 Å². The topological polar surface area (TPSA) is 64.0 Å². The molecule has 0 atom stereocenters. The number of aryl methyl sites for hydroxylation is 1. The van der Waals surface area contributed by atoms with E-state index in [1.165, 1.54) is 0 Å². The average Bonchev–Trinajstić information content (AvgIpc) is 2.91. The summed E-state index contributed by atoms with van der Waals surface area (Å²) in [7, 11) is 3.55. The van der Waals surface area contributed by atoms with E-state index in [4.69, 9.17) is 14.6 Å². The van der Waals surface area contributed by atoms with Crippen LogP contribution in [-0.2, 0) is 7.05 Å². The highest BCUT2D eigenvalue weighted by Gasteiger charge is 2.13. The number of hydrogen-bond acceptors (Lipinski definition) is 4. The second kappa shape index (κ2) is 4.98. The fourth-order valence-corrected chi connectivity index (χ4v) is 2.79. The Labute approximate surface area is 132 Å². The van der Waals surface area contributed by atoms with Gasteiger partial charge in [0.1, 0.15) is 17.2 Å². The van der Waals surface area contributed by atoms with Crippen molar-refractivity contribution in [2.24, 2.45) is 7.05 Å². The van der Waals surface area contributed by atoms with Crippen molar-refractivity contribution >= 4 is 22.0 Å². The maximum atomic E-state index is 8.23. The Balaban J connectivity index is 1.99. The third-order valence-electron chi connectivity index (χ3n) is 4.01. The molecule has 5 heteroatoms. The zero-order valence-electron chi connectivity index (χ0n) is 12.8. The Hall–Kier alpha value is -3.08. The molecule has 5 nitrogen and oxygen atoms in total. The van der Waals surface area contributed by atoms with Crippen LogP contribution in [0.2, 0.25) is 0 Å². The summed E-state index contributed by atoms with van der Waals surface area (Å²) in [5, 5.41) is 9.13. The van der Waals surface area contributed by atoms with Crippen LogP contribution in [0.25, 0.3) is 33.4 Å². The Kier molecular flexibility index (Phi) is 2.94. The lowest BCUT2D eigenvalue weighted by Gasteiger charge is -2.06. The number of nitrogens with zero attached hydrogens (tertiary/aromatic N) is 2. The van der Waals surface area contributed by atoms with E-state index in [-0.39, 0.29) is 5.55 Å². The van der Waals surface area contributed by atoms with Crippen molar-refractivity contribution in [1.82, 2.24) is 9.55 Å². The first-order chi connectivity index (χ1) is 11.2. The molecule has 2 aromatic heterocycles. The van der Waals surface area contributed by atoms with Crippen LogP contribution in [0.1, 0.15) is 0 Å². The van der Waals surface area contributed by atoms with E-state index in [0.29, 0.717) is 16.9 Å². The molecule has 0 unspecified atom stereocenters. The number of ether oxygens (including phenoxy) is 1. The molecule has 0 bridgehead atoms. The van der Waals surface area contributed by atoms with Crippen LogP contribution in [0, 0.1) is 5.41 Å². The molecule has 114 valence electrons. The van der Waals surface area contributed by atoms with Gasteiger partial charge in [-0.1, -0.05) is 12.1 Å². The third kappa shape index (κ3) is 2.09. The number of para-hydroxylation sites is 2. The standard InChI is InChI=1S/C18H15N3O2/c1-21-15-6-4-3-5-14(15)20-18(21)13-9-11-7-8-12(22-2)10-16(11)23-17(13)19/h3-10,19H,1-2H3. The summed E-state index contributed by atoms with van der Waals surface area (Å²) in [6.45, 7) is 0. The number of hydrogen-bond donors (Lipinski definition) is 1. The summed E-state index contributed by atoms with van der Waals surface area (Å²) in [5.74, 6) is 1.42. The van der Waals surface area contributed by atoms with Gasteiger partial charge in [0, 0.05) is 18.5 Å². The van der Waals surface area contributed by atoms with Crippen LogP contribution in [0.5, 0.6) is 5.75 Å². The van der Waals surface area contributed by atoms with E-state index in [2.05, 4.69) is 4.98 Å². The van der Waals surface area contributed by atoms with Crippen LogP contribution < -0.4 is 10.3 Å². The van der Waals surface area contributed by atoms with Gasteiger partial charge < -0.3 is 13.7 Å². The number of imidazole rings is 1. The molecule has 0 aliphatic rings. The Bertz CT molecular complexity index is 1090. The maximum absolute atomic E-state index is 8.23. The van der Waals surface area contributed by atoms with Crippen molar-refractivity contribution in [3.63, 3.8) is 0 Å². The first-order valence-electron chi connectivity index (χ1n) is 7.25. The number of fused-ring (bicyclic) bond motifs is 2. The van der Waals surface area contributed by atoms with E-state index >= 15 is 0 Å². The summed E-state index contributed by atoms with van der Waals surface area (Å²) >= 11 is 0. The monoisotopic (exact) mass is 305 g/mol. The molecule has 0 aliphatic heterocycles. The molecule has 1 N–H and O–H groups in total. The first-order valence-corrected chi connectivity index (χ1v) is 7.25. The molecule has 4 aromatic rings. The fraction of sp³-hybridized carbons (Fsp3) is 0.111. The highest BCUT2D eigenvalue weighted by molar-refractivity contribution is 5.84. The zero-order valence-corrected chi connectivity index (χ0v) is 12.8. The van der Waals surface area contributed by atoms with Gasteiger partial charge in [-0.25, -0.2) is 4.98 Å². The second-order valence-corrected chi connectivity index (χ2v) is 5.38. The largest absolute Gasteiger partial charge is 0.497 e. The van der Waals surface area contributed by atoms with Gasteiger partial charge in [0.25, 0.3) is 0 Å². The van der Waals surface area contributed by atoms with Gasteiger partial charge >= 0.3 is 0 Å². The molecule has 0 saturated carbocycles. The van der Waals surface area contributed by atoms with Crippen LogP contribution in [0.3, 0.4) is 0 Å². The Morgan fingerprint density at radius 2 is 1.96 bits per heavy atom. The number of benzene rings is 2. The Morgan fingerprint density at radius 1 is 1.13 bits per heavy atom. The fourth-order valence-electron chi connectivity index (χ4n) is 2.79. The van der Waals surface area contributed by atoms with Crippen molar-refractivity contribution in [2.75, 3.05) is 7.11 Å². The highest BCUT2D eigenvalue weighted by Crippen LogP contribution is 2.25. The van der Waals surface area contributed by atoms with Gasteiger partial charge in [-0.05, 0) is 30.3 Å². The molecule has 0 fully saturated rings. The van der Waals surface area contributed by atoms with Crippen molar-refractivity contribution in [3.05, 3.63) is 54.1 Å². The van der Waals surface area contributed by atoms with Gasteiger partial charge in [0.05, 0.1) is 23.7 Å². The van der Waals surface area contributed by atoms with Gasteiger partial charge in [-0.2, -0.15) is 0 Å². The molecule has 0 saturated heterocycles. The molecule has 0 aliphatic carbocycles. The predicted octanol–water partition coefficient (Wildman–Crippen LogP) is 3.47. The SMILES string of the molecule is COc1ccc2cc(-c3nc4ccccc4n3C)c(=N)oc2c1. The Morgan fingerprint density at radius 3 is 2.74 bits per heavy atom. The molecule has 4 rings (SSSR count). The first kappa shape index (κ1) is 13.6. The molecular weight excluding hydrogens is 290 g/mol. The number of rotatable bonds is 2. The van der Waals surface area contributed by atoms with E-state index in [1.54, 1.807) is 13.2 Å². The third-order valence-corrected chi connectivity index (χ3v) is 4.01. The summed E-state index contributed by atoms with van der Waals surface area (Å²) < 4.78 is 12.9. The molecule has 0 amide bonds. The van der Waals surface area contributed by atoms with Crippen LogP contribution in [0.15, 0.2) is 52.9 Å². The number of methoxy groups -OCH3 is 1. The average molecular weight is 305 g/mol. The lowest BCUT2D eigenvalue weighted by molar-refractivity contribution is 0.414. The minimum absolute atomic E-state index is 0.0872. The van der Waals surface area contributed by atoms with Crippen LogP contribution in [0.4, 0.5) is 0 Å². The van der Waals surface area contributed by atoms with E-state index < -0.39 is 0 Å².